The second-order valence-electron chi connectivity index (χ2n) is 6.09. The van der Waals surface area contributed by atoms with Crippen LogP contribution in [0.15, 0.2) is 54.6 Å². The molecule has 0 saturated carbocycles. The first-order valence-electron chi connectivity index (χ1n) is 8.31. The summed E-state index contributed by atoms with van der Waals surface area (Å²) in [5.74, 6) is -0.0833. The summed E-state index contributed by atoms with van der Waals surface area (Å²) in [6, 6.07) is 17.0. The molecule has 3 rings (SSSR count). The molecule has 5 nitrogen and oxygen atoms in total. The summed E-state index contributed by atoms with van der Waals surface area (Å²) in [6.45, 7) is 1.59. The first kappa shape index (κ1) is 17.0. The number of methoxy groups -OCH3 is 1. The van der Waals surface area contributed by atoms with Gasteiger partial charge in [0.2, 0.25) is 0 Å². The highest BCUT2D eigenvalue weighted by atomic mass is 16.6. The minimum absolute atomic E-state index is 0.260. The van der Waals surface area contributed by atoms with Gasteiger partial charge < -0.3 is 14.4 Å². The molecule has 1 amide bonds. The summed E-state index contributed by atoms with van der Waals surface area (Å²) < 4.78 is 10.1. The Labute approximate surface area is 147 Å². The lowest BCUT2D eigenvalue weighted by Gasteiger charge is -2.16. The highest BCUT2D eigenvalue weighted by molar-refractivity contribution is 5.89. The molecule has 2 aromatic rings. The molecule has 25 heavy (non-hydrogen) atoms. The number of nitrogens with zero attached hydrogens (tertiary/aromatic N) is 1. The molecule has 1 unspecified atom stereocenters. The molecule has 1 atom stereocenters. The molecule has 1 saturated heterocycles. The monoisotopic (exact) mass is 339 g/mol. The van der Waals surface area contributed by atoms with Crippen LogP contribution in [0.4, 0.5) is 4.79 Å². The van der Waals surface area contributed by atoms with E-state index in [4.69, 9.17) is 9.47 Å². The zero-order valence-corrected chi connectivity index (χ0v) is 14.2. The Morgan fingerprint density at radius 3 is 2.48 bits per heavy atom. The van der Waals surface area contributed by atoms with Gasteiger partial charge in [-0.15, -0.1) is 0 Å². The lowest BCUT2D eigenvalue weighted by molar-refractivity contribution is 0.0600. The Hall–Kier alpha value is -2.82. The number of carbonyl (C=O) groups excluding carboxylic acids is 2. The molecular weight excluding hydrogens is 318 g/mol. The highest BCUT2D eigenvalue weighted by Gasteiger charge is 2.28. The number of likely N-dealkylation sites (tertiary alicyclic amines) is 1. The zero-order chi connectivity index (χ0) is 17.6. The van der Waals surface area contributed by atoms with E-state index in [1.807, 2.05) is 42.5 Å². The zero-order valence-electron chi connectivity index (χ0n) is 14.2. The van der Waals surface area contributed by atoms with Gasteiger partial charge in [-0.1, -0.05) is 42.5 Å². The Balaban J connectivity index is 1.54. The summed E-state index contributed by atoms with van der Waals surface area (Å²) in [5.41, 5.74) is 2.62. The Morgan fingerprint density at radius 1 is 1.08 bits per heavy atom. The van der Waals surface area contributed by atoms with Crippen LogP contribution in [0.1, 0.15) is 33.8 Å². The van der Waals surface area contributed by atoms with E-state index >= 15 is 0 Å². The number of benzene rings is 2. The second-order valence-corrected chi connectivity index (χ2v) is 6.09. The molecule has 0 aromatic heterocycles. The summed E-state index contributed by atoms with van der Waals surface area (Å²) in [6.07, 6.45) is 0.607. The van der Waals surface area contributed by atoms with E-state index in [1.54, 1.807) is 17.0 Å². The third kappa shape index (κ3) is 4.18. The fraction of sp³-hybridized carbons (Fsp3) is 0.300. The van der Waals surface area contributed by atoms with Crippen LogP contribution in [0.5, 0.6) is 0 Å². The van der Waals surface area contributed by atoms with Gasteiger partial charge in [-0.25, -0.2) is 9.59 Å². The van der Waals surface area contributed by atoms with E-state index in [-0.39, 0.29) is 24.6 Å². The molecule has 1 aliphatic rings. The van der Waals surface area contributed by atoms with Crippen molar-refractivity contribution in [1.82, 2.24) is 4.90 Å². The Kier molecular flexibility index (Phi) is 5.33. The summed E-state index contributed by atoms with van der Waals surface area (Å²) in [5, 5.41) is 0. The normalized spacial score (nSPS) is 16.5. The van der Waals surface area contributed by atoms with E-state index < -0.39 is 0 Å². The molecule has 1 heterocycles. The third-order valence-electron chi connectivity index (χ3n) is 4.45. The average molecular weight is 339 g/mol. The van der Waals surface area contributed by atoms with Gasteiger partial charge >= 0.3 is 12.1 Å². The number of amides is 1. The molecule has 0 radical (unpaired) electrons. The number of esters is 1. The van der Waals surface area contributed by atoms with Crippen molar-refractivity contribution in [3.05, 3.63) is 71.3 Å². The molecule has 2 aromatic carbocycles. The van der Waals surface area contributed by atoms with Crippen LogP contribution in [-0.4, -0.2) is 37.2 Å². The maximum atomic E-state index is 12.2. The number of hydrogen-bond acceptors (Lipinski definition) is 4. The van der Waals surface area contributed by atoms with Gasteiger partial charge in [0.25, 0.3) is 0 Å². The van der Waals surface area contributed by atoms with Crippen molar-refractivity contribution >= 4 is 12.1 Å². The fourth-order valence-electron chi connectivity index (χ4n) is 3.02. The summed E-state index contributed by atoms with van der Waals surface area (Å²) in [4.78, 5) is 25.4. The minimum atomic E-state index is -0.343. The number of rotatable bonds is 4. The third-order valence-corrected chi connectivity index (χ3v) is 4.45. The predicted molar refractivity (Wildman–Crippen MR) is 93.3 cm³/mol. The van der Waals surface area contributed by atoms with Crippen LogP contribution in [0.2, 0.25) is 0 Å². The quantitative estimate of drug-likeness (QED) is 0.799. The van der Waals surface area contributed by atoms with Crippen LogP contribution in [0.25, 0.3) is 0 Å². The molecule has 0 N–H and O–H groups in total. The number of ether oxygens (including phenoxy) is 2. The lowest BCUT2D eigenvalue weighted by Crippen LogP contribution is -2.29. The average Bonchev–Trinajstić information content (AvgIpc) is 3.17. The molecule has 130 valence electrons. The molecule has 0 aliphatic carbocycles. The molecule has 5 heteroatoms. The van der Waals surface area contributed by atoms with Gasteiger partial charge in [-0.2, -0.15) is 0 Å². The van der Waals surface area contributed by atoms with Crippen molar-refractivity contribution in [2.45, 2.75) is 18.9 Å². The van der Waals surface area contributed by atoms with Crippen LogP contribution in [-0.2, 0) is 16.1 Å². The molecule has 0 bridgehead atoms. The van der Waals surface area contributed by atoms with Gasteiger partial charge in [-0.3, -0.25) is 0 Å². The SMILES string of the molecule is COC(=O)c1ccc(C2CCN(C(=O)OCc3ccccc3)C2)cc1. The molecular formula is C20H21NO4. The van der Waals surface area contributed by atoms with Gasteiger partial charge in [0.05, 0.1) is 12.7 Å². The smallest absolute Gasteiger partial charge is 0.410 e. The fourth-order valence-corrected chi connectivity index (χ4v) is 3.02. The maximum absolute atomic E-state index is 12.2. The lowest BCUT2D eigenvalue weighted by atomic mass is 9.97. The van der Waals surface area contributed by atoms with Crippen LogP contribution < -0.4 is 0 Å². The van der Waals surface area contributed by atoms with Crippen molar-refractivity contribution in [3.63, 3.8) is 0 Å². The predicted octanol–water partition coefficient (Wildman–Crippen LogP) is 3.60. The van der Waals surface area contributed by atoms with E-state index in [2.05, 4.69) is 0 Å². The van der Waals surface area contributed by atoms with Gasteiger partial charge in [0, 0.05) is 19.0 Å². The molecule has 1 fully saturated rings. The van der Waals surface area contributed by atoms with Crippen LogP contribution in [0.3, 0.4) is 0 Å². The first-order valence-corrected chi connectivity index (χ1v) is 8.31. The van der Waals surface area contributed by atoms with Crippen molar-refractivity contribution in [1.29, 1.82) is 0 Å². The number of hydrogen-bond donors (Lipinski definition) is 0. The van der Waals surface area contributed by atoms with Gasteiger partial charge in [-0.05, 0) is 29.7 Å². The standard InChI is InChI=1S/C20H21NO4/c1-24-19(22)17-9-7-16(8-10-17)18-11-12-21(13-18)20(23)25-14-15-5-3-2-4-6-15/h2-10,18H,11-14H2,1H3. The van der Waals surface area contributed by atoms with E-state index in [0.29, 0.717) is 18.7 Å². The molecule has 1 aliphatic heterocycles. The Bertz CT molecular complexity index is 727. The largest absolute Gasteiger partial charge is 0.465 e. The van der Waals surface area contributed by atoms with Crippen LogP contribution in [0, 0.1) is 0 Å². The highest BCUT2D eigenvalue weighted by Crippen LogP contribution is 2.28. The van der Waals surface area contributed by atoms with E-state index in [0.717, 1.165) is 17.5 Å². The van der Waals surface area contributed by atoms with Gasteiger partial charge in [0.15, 0.2) is 0 Å². The minimum Gasteiger partial charge on any atom is -0.465 e. The van der Waals surface area contributed by atoms with E-state index in [1.165, 1.54) is 7.11 Å². The summed E-state index contributed by atoms with van der Waals surface area (Å²) in [7, 11) is 1.37. The first-order chi connectivity index (χ1) is 12.2. The van der Waals surface area contributed by atoms with Crippen molar-refractivity contribution < 1.29 is 19.1 Å². The Morgan fingerprint density at radius 2 is 1.80 bits per heavy atom. The summed E-state index contributed by atoms with van der Waals surface area (Å²) >= 11 is 0. The van der Waals surface area contributed by atoms with Gasteiger partial charge in [0.1, 0.15) is 6.61 Å². The molecule has 0 spiro atoms. The maximum Gasteiger partial charge on any atom is 0.410 e. The van der Waals surface area contributed by atoms with Crippen molar-refractivity contribution in [2.75, 3.05) is 20.2 Å². The van der Waals surface area contributed by atoms with Crippen LogP contribution >= 0.6 is 0 Å². The number of carbonyl (C=O) groups is 2. The van der Waals surface area contributed by atoms with E-state index in [9.17, 15) is 9.59 Å². The van der Waals surface area contributed by atoms with Crippen molar-refractivity contribution in [2.24, 2.45) is 0 Å². The van der Waals surface area contributed by atoms with Crippen molar-refractivity contribution in [3.8, 4) is 0 Å². The second kappa shape index (κ2) is 7.83. The topological polar surface area (TPSA) is 55.8 Å².